The number of carbonyl (C=O) groups excluding carboxylic acids is 2. The normalized spacial score (nSPS) is 10.6. The molecule has 0 aliphatic carbocycles. The number of phenolic OH excluding ortho intramolecular Hbond substituents is 1. The molecule has 2 rings (SSSR count). The number of hydrogen-bond donors (Lipinski definition) is 2. The van der Waals surface area contributed by atoms with Crippen LogP contribution < -0.4 is 10.6 Å². The molecule has 0 saturated heterocycles. The van der Waals surface area contributed by atoms with Gasteiger partial charge >= 0.3 is 12.0 Å². The number of primary amides is 1. The van der Waals surface area contributed by atoms with Crippen molar-refractivity contribution in [3.8, 4) is 5.75 Å². The maximum absolute atomic E-state index is 12.0. The standard InChI is InChI=1S/C17H15BrN2O4/c1-24-15(21)10-9-11-5-4-8-14(16(11)22)20(17(19)23)13-7-3-2-6-12(13)18/h2-10,22H,1H3,(H2,19,23). The summed E-state index contributed by atoms with van der Waals surface area (Å²) in [6, 6.07) is 11.0. The molecule has 6 nitrogen and oxygen atoms in total. The predicted octanol–water partition coefficient (Wildman–Crippen LogP) is 3.56. The highest BCUT2D eigenvalue weighted by Crippen LogP contribution is 2.38. The Morgan fingerprint density at radius 3 is 2.46 bits per heavy atom. The van der Waals surface area contributed by atoms with Gasteiger partial charge in [0, 0.05) is 16.1 Å². The van der Waals surface area contributed by atoms with E-state index in [1.807, 2.05) is 0 Å². The third-order valence-corrected chi connectivity index (χ3v) is 3.87. The number of aromatic hydroxyl groups is 1. The zero-order valence-electron chi connectivity index (χ0n) is 12.8. The first-order valence-electron chi connectivity index (χ1n) is 6.87. The van der Waals surface area contributed by atoms with Crippen molar-refractivity contribution in [3.63, 3.8) is 0 Å². The maximum atomic E-state index is 12.0. The van der Waals surface area contributed by atoms with E-state index in [1.54, 1.807) is 42.5 Å². The van der Waals surface area contributed by atoms with Crippen LogP contribution in [0.2, 0.25) is 0 Å². The van der Waals surface area contributed by atoms with Crippen LogP contribution in [-0.4, -0.2) is 24.2 Å². The van der Waals surface area contributed by atoms with E-state index < -0.39 is 12.0 Å². The molecule has 0 spiro atoms. The van der Waals surface area contributed by atoms with Gasteiger partial charge in [-0.1, -0.05) is 24.3 Å². The number of para-hydroxylation sites is 2. The number of ether oxygens (including phenoxy) is 1. The SMILES string of the molecule is COC(=O)C=Cc1cccc(N(C(N)=O)c2ccccc2Br)c1O. The lowest BCUT2D eigenvalue weighted by Gasteiger charge is -2.23. The Balaban J connectivity index is 2.53. The van der Waals surface area contributed by atoms with Crippen LogP contribution in [0.3, 0.4) is 0 Å². The molecular formula is C17H15BrN2O4. The maximum Gasteiger partial charge on any atom is 0.330 e. The predicted molar refractivity (Wildman–Crippen MR) is 95.0 cm³/mol. The van der Waals surface area contributed by atoms with Gasteiger partial charge in [0.2, 0.25) is 0 Å². The van der Waals surface area contributed by atoms with Crippen LogP contribution in [0.1, 0.15) is 5.56 Å². The van der Waals surface area contributed by atoms with E-state index >= 15 is 0 Å². The second-order valence-corrected chi connectivity index (χ2v) is 5.55. The largest absolute Gasteiger partial charge is 0.505 e. The number of methoxy groups -OCH3 is 1. The molecule has 0 fully saturated rings. The van der Waals surface area contributed by atoms with E-state index in [1.165, 1.54) is 24.2 Å². The Kier molecular flexibility index (Phi) is 5.59. The molecule has 2 aromatic rings. The number of phenols is 1. The molecule has 0 bridgehead atoms. The number of hydrogen-bond acceptors (Lipinski definition) is 4. The van der Waals surface area contributed by atoms with Gasteiger partial charge in [-0.05, 0) is 40.2 Å². The second kappa shape index (κ2) is 7.65. The van der Waals surface area contributed by atoms with Crippen LogP contribution in [0.5, 0.6) is 5.75 Å². The first kappa shape index (κ1) is 17.6. The van der Waals surface area contributed by atoms with Crippen molar-refractivity contribution in [2.24, 2.45) is 5.73 Å². The van der Waals surface area contributed by atoms with Gasteiger partial charge in [-0.25, -0.2) is 9.59 Å². The average molecular weight is 391 g/mol. The van der Waals surface area contributed by atoms with Gasteiger partial charge in [0.05, 0.1) is 18.5 Å². The molecule has 0 saturated carbocycles. The summed E-state index contributed by atoms with van der Waals surface area (Å²) in [5.41, 5.74) is 6.52. The minimum Gasteiger partial charge on any atom is -0.505 e. The molecule has 24 heavy (non-hydrogen) atoms. The van der Waals surface area contributed by atoms with E-state index in [-0.39, 0.29) is 11.4 Å². The fraction of sp³-hybridized carbons (Fsp3) is 0.0588. The number of amides is 2. The summed E-state index contributed by atoms with van der Waals surface area (Å²) in [7, 11) is 1.25. The molecule has 2 amide bonds. The van der Waals surface area contributed by atoms with Gasteiger partial charge in [0.25, 0.3) is 0 Å². The number of carbonyl (C=O) groups is 2. The van der Waals surface area contributed by atoms with E-state index in [2.05, 4.69) is 20.7 Å². The molecule has 0 heterocycles. The quantitative estimate of drug-likeness (QED) is 0.616. The van der Waals surface area contributed by atoms with Crippen LogP contribution in [0.4, 0.5) is 16.2 Å². The van der Waals surface area contributed by atoms with Crippen molar-refractivity contribution in [1.29, 1.82) is 0 Å². The van der Waals surface area contributed by atoms with Gasteiger partial charge in [-0.3, -0.25) is 4.90 Å². The summed E-state index contributed by atoms with van der Waals surface area (Å²) in [6.07, 6.45) is 2.57. The van der Waals surface area contributed by atoms with Gasteiger partial charge in [-0.15, -0.1) is 0 Å². The number of urea groups is 1. The van der Waals surface area contributed by atoms with Gasteiger partial charge < -0.3 is 15.6 Å². The van der Waals surface area contributed by atoms with Crippen LogP contribution in [-0.2, 0) is 9.53 Å². The Bertz CT molecular complexity index is 805. The average Bonchev–Trinajstić information content (AvgIpc) is 2.56. The Morgan fingerprint density at radius 1 is 1.17 bits per heavy atom. The lowest BCUT2D eigenvalue weighted by Crippen LogP contribution is -2.31. The van der Waals surface area contributed by atoms with Gasteiger partial charge in [0.15, 0.2) is 0 Å². The molecule has 0 aromatic heterocycles. The fourth-order valence-corrected chi connectivity index (χ4v) is 2.55. The van der Waals surface area contributed by atoms with Crippen molar-refractivity contribution >= 4 is 45.4 Å². The molecule has 0 aliphatic rings. The number of anilines is 2. The molecule has 3 N–H and O–H groups in total. The Hall–Kier alpha value is -2.80. The summed E-state index contributed by atoms with van der Waals surface area (Å²) < 4.78 is 5.15. The fourth-order valence-electron chi connectivity index (χ4n) is 2.09. The number of nitrogens with zero attached hydrogens (tertiary/aromatic N) is 1. The summed E-state index contributed by atoms with van der Waals surface area (Å²) in [6.45, 7) is 0. The van der Waals surface area contributed by atoms with Gasteiger partial charge in [-0.2, -0.15) is 0 Å². The van der Waals surface area contributed by atoms with E-state index in [9.17, 15) is 14.7 Å². The lowest BCUT2D eigenvalue weighted by molar-refractivity contribution is -0.134. The number of esters is 1. The first-order valence-corrected chi connectivity index (χ1v) is 7.67. The van der Waals surface area contributed by atoms with Crippen molar-refractivity contribution in [2.45, 2.75) is 0 Å². The Labute approximate surface area is 147 Å². The topological polar surface area (TPSA) is 92.9 Å². The number of benzene rings is 2. The van der Waals surface area contributed by atoms with Gasteiger partial charge in [0.1, 0.15) is 5.75 Å². The Morgan fingerprint density at radius 2 is 1.83 bits per heavy atom. The van der Waals surface area contributed by atoms with Crippen LogP contribution in [0.25, 0.3) is 6.08 Å². The zero-order valence-corrected chi connectivity index (χ0v) is 14.4. The summed E-state index contributed by atoms with van der Waals surface area (Å²) >= 11 is 3.36. The molecule has 0 unspecified atom stereocenters. The minimum absolute atomic E-state index is 0.188. The highest BCUT2D eigenvalue weighted by atomic mass is 79.9. The van der Waals surface area contributed by atoms with E-state index in [0.717, 1.165) is 0 Å². The summed E-state index contributed by atoms with van der Waals surface area (Å²) in [5.74, 6) is -0.746. The summed E-state index contributed by atoms with van der Waals surface area (Å²) in [4.78, 5) is 24.3. The van der Waals surface area contributed by atoms with Crippen LogP contribution in [0.15, 0.2) is 53.0 Å². The summed E-state index contributed by atoms with van der Waals surface area (Å²) in [5, 5.41) is 10.5. The second-order valence-electron chi connectivity index (χ2n) is 4.70. The zero-order chi connectivity index (χ0) is 17.7. The monoisotopic (exact) mass is 390 g/mol. The first-order chi connectivity index (χ1) is 11.5. The molecule has 2 aromatic carbocycles. The number of nitrogens with two attached hydrogens (primary N) is 1. The number of halogens is 1. The smallest absolute Gasteiger partial charge is 0.330 e. The highest BCUT2D eigenvalue weighted by Gasteiger charge is 2.21. The molecule has 0 aliphatic heterocycles. The van der Waals surface area contributed by atoms with E-state index in [0.29, 0.717) is 15.7 Å². The third-order valence-electron chi connectivity index (χ3n) is 3.20. The molecule has 124 valence electrons. The molecule has 7 heteroatoms. The lowest BCUT2D eigenvalue weighted by atomic mass is 10.1. The van der Waals surface area contributed by atoms with E-state index in [4.69, 9.17) is 5.73 Å². The van der Waals surface area contributed by atoms with Crippen molar-refractivity contribution in [3.05, 3.63) is 58.6 Å². The van der Waals surface area contributed by atoms with Crippen LogP contribution >= 0.6 is 15.9 Å². The minimum atomic E-state index is -0.758. The molecule has 0 atom stereocenters. The molecular weight excluding hydrogens is 376 g/mol. The third kappa shape index (κ3) is 3.75. The molecule has 0 radical (unpaired) electrons. The number of rotatable bonds is 4. The highest BCUT2D eigenvalue weighted by molar-refractivity contribution is 9.10. The van der Waals surface area contributed by atoms with Crippen LogP contribution in [0, 0.1) is 0 Å². The van der Waals surface area contributed by atoms with Crippen molar-refractivity contribution < 1.29 is 19.4 Å². The van der Waals surface area contributed by atoms with Crippen molar-refractivity contribution in [1.82, 2.24) is 0 Å². The van der Waals surface area contributed by atoms with Crippen molar-refractivity contribution in [2.75, 3.05) is 12.0 Å².